The number of aromatic nitrogens is 2. The number of hydrogen-bond donors (Lipinski definition) is 1. The van der Waals surface area contributed by atoms with E-state index in [1.54, 1.807) is 18.3 Å². The number of fused-ring (bicyclic) bond motifs is 1. The molecule has 0 aliphatic heterocycles. The maximum absolute atomic E-state index is 12.1. The molecule has 0 aliphatic rings. The van der Waals surface area contributed by atoms with E-state index < -0.39 is 0 Å². The molecule has 0 spiro atoms. The summed E-state index contributed by atoms with van der Waals surface area (Å²) < 4.78 is 1.91. The summed E-state index contributed by atoms with van der Waals surface area (Å²) in [5.41, 5.74) is 2.29. The summed E-state index contributed by atoms with van der Waals surface area (Å²) in [7, 11) is 0. The van der Waals surface area contributed by atoms with E-state index in [0.717, 1.165) is 20.4 Å². The minimum absolute atomic E-state index is 0.162. The summed E-state index contributed by atoms with van der Waals surface area (Å²) in [6, 6.07) is 9.07. The molecule has 4 nitrogen and oxygen atoms in total. The molecule has 1 amide bonds. The van der Waals surface area contributed by atoms with E-state index >= 15 is 0 Å². The van der Waals surface area contributed by atoms with Crippen molar-refractivity contribution in [3.8, 4) is 0 Å². The highest BCUT2D eigenvalue weighted by Crippen LogP contribution is 2.33. The van der Waals surface area contributed by atoms with Gasteiger partial charge in [0.2, 0.25) is 0 Å². The number of rotatable bonds is 2. The van der Waals surface area contributed by atoms with Gasteiger partial charge in [-0.3, -0.25) is 15.1 Å². The molecule has 0 unspecified atom stereocenters. The van der Waals surface area contributed by atoms with Crippen LogP contribution in [0.4, 0.5) is 5.13 Å². The highest BCUT2D eigenvalue weighted by atomic mass is 79.9. The fraction of sp³-hybridized carbons (Fsp3) is 0.0714. The van der Waals surface area contributed by atoms with Crippen LogP contribution in [0.3, 0.4) is 0 Å². The van der Waals surface area contributed by atoms with Gasteiger partial charge >= 0.3 is 0 Å². The fourth-order valence-electron chi connectivity index (χ4n) is 1.77. The highest BCUT2D eigenvalue weighted by molar-refractivity contribution is 9.10. The molecule has 0 aliphatic carbocycles. The zero-order valence-corrected chi connectivity index (χ0v) is 13.0. The highest BCUT2D eigenvalue weighted by Gasteiger charge is 2.12. The number of hydrogen-bond acceptors (Lipinski definition) is 4. The first-order chi connectivity index (χ1) is 9.65. The number of pyridine rings is 1. The van der Waals surface area contributed by atoms with Crippen LogP contribution < -0.4 is 5.32 Å². The first-order valence-electron chi connectivity index (χ1n) is 5.93. The molecule has 3 aromatic rings. The van der Waals surface area contributed by atoms with Gasteiger partial charge in [0.05, 0.1) is 21.1 Å². The number of nitrogens with one attached hydrogen (secondary N) is 1. The number of nitrogens with zero attached hydrogens (tertiary/aromatic N) is 2. The molecule has 1 N–H and O–H groups in total. The van der Waals surface area contributed by atoms with E-state index in [1.165, 1.54) is 11.3 Å². The van der Waals surface area contributed by atoms with Crippen molar-refractivity contribution in [2.24, 2.45) is 0 Å². The molecule has 100 valence electrons. The Balaban J connectivity index is 1.92. The molecule has 0 atom stereocenters. The van der Waals surface area contributed by atoms with Crippen molar-refractivity contribution in [3.05, 3.63) is 52.3 Å². The number of amides is 1. The van der Waals surface area contributed by atoms with E-state index in [-0.39, 0.29) is 5.91 Å². The molecule has 0 radical (unpaired) electrons. The van der Waals surface area contributed by atoms with Crippen LogP contribution in [0, 0.1) is 6.92 Å². The van der Waals surface area contributed by atoms with Gasteiger partial charge in [-0.25, -0.2) is 4.98 Å². The van der Waals surface area contributed by atoms with Gasteiger partial charge in [-0.2, -0.15) is 0 Å². The molecule has 6 heteroatoms. The molecule has 20 heavy (non-hydrogen) atoms. The van der Waals surface area contributed by atoms with Gasteiger partial charge in [-0.15, -0.1) is 0 Å². The SMILES string of the molecule is Cc1ncc2nc(NC(=O)c3ccccc3)sc2c1Br. The number of halogens is 1. The van der Waals surface area contributed by atoms with Crippen LogP contribution in [0.2, 0.25) is 0 Å². The Morgan fingerprint density at radius 2 is 2.05 bits per heavy atom. The molecule has 0 bridgehead atoms. The number of anilines is 1. The Hall–Kier alpha value is -1.79. The Bertz CT molecular complexity index is 786. The molecular weight excluding hydrogens is 338 g/mol. The third kappa shape index (κ3) is 2.44. The molecule has 0 saturated carbocycles. The summed E-state index contributed by atoms with van der Waals surface area (Å²) in [6.45, 7) is 1.92. The zero-order chi connectivity index (χ0) is 14.1. The smallest absolute Gasteiger partial charge is 0.257 e. The van der Waals surface area contributed by atoms with E-state index in [0.29, 0.717) is 10.7 Å². The lowest BCUT2D eigenvalue weighted by Gasteiger charge is -2.00. The van der Waals surface area contributed by atoms with Crippen molar-refractivity contribution in [3.63, 3.8) is 0 Å². The maximum Gasteiger partial charge on any atom is 0.257 e. The molecule has 1 aromatic carbocycles. The lowest BCUT2D eigenvalue weighted by Crippen LogP contribution is -2.11. The van der Waals surface area contributed by atoms with Gasteiger partial charge in [0, 0.05) is 5.56 Å². The van der Waals surface area contributed by atoms with Crippen LogP contribution in [-0.4, -0.2) is 15.9 Å². The summed E-state index contributed by atoms with van der Waals surface area (Å²) in [5, 5.41) is 3.39. The zero-order valence-electron chi connectivity index (χ0n) is 10.6. The van der Waals surface area contributed by atoms with E-state index in [4.69, 9.17) is 0 Å². The molecule has 0 saturated heterocycles. The average molecular weight is 348 g/mol. The number of thiazole rings is 1. The second-order valence-corrected chi connectivity index (χ2v) is 6.00. The Morgan fingerprint density at radius 1 is 1.30 bits per heavy atom. The van der Waals surface area contributed by atoms with Crippen LogP contribution in [0.25, 0.3) is 10.2 Å². The predicted molar refractivity (Wildman–Crippen MR) is 84.2 cm³/mol. The van der Waals surface area contributed by atoms with Crippen molar-refractivity contribution in [1.29, 1.82) is 0 Å². The average Bonchev–Trinajstić information content (AvgIpc) is 2.87. The lowest BCUT2D eigenvalue weighted by molar-refractivity contribution is 0.102. The molecule has 2 aromatic heterocycles. The van der Waals surface area contributed by atoms with E-state index in [1.807, 2.05) is 25.1 Å². The van der Waals surface area contributed by atoms with E-state index in [9.17, 15) is 4.79 Å². The lowest BCUT2D eigenvalue weighted by atomic mass is 10.2. The van der Waals surface area contributed by atoms with Gasteiger partial charge in [-0.05, 0) is 35.0 Å². The Labute approximate surface area is 128 Å². The Morgan fingerprint density at radius 3 is 2.80 bits per heavy atom. The van der Waals surface area contributed by atoms with Gasteiger partial charge in [0.15, 0.2) is 5.13 Å². The normalized spacial score (nSPS) is 10.7. The largest absolute Gasteiger partial charge is 0.298 e. The third-order valence-corrected chi connectivity index (χ3v) is 5.04. The van der Waals surface area contributed by atoms with Crippen LogP contribution in [0.15, 0.2) is 41.0 Å². The molecule has 0 fully saturated rings. The van der Waals surface area contributed by atoms with Crippen molar-refractivity contribution in [2.45, 2.75) is 6.92 Å². The summed E-state index contributed by atoms with van der Waals surface area (Å²) in [6.07, 6.45) is 1.71. The van der Waals surface area contributed by atoms with Crippen molar-refractivity contribution < 1.29 is 4.79 Å². The van der Waals surface area contributed by atoms with Crippen LogP contribution in [0.5, 0.6) is 0 Å². The van der Waals surface area contributed by atoms with Crippen LogP contribution in [0.1, 0.15) is 16.1 Å². The monoisotopic (exact) mass is 347 g/mol. The summed E-state index contributed by atoms with van der Waals surface area (Å²) in [4.78, 5) is 20.7. The van der Waals surface area contributed by atoms with Crippen molar-refractivity contribution >= 4 is 48.5 Å². The van der Waals surface area contributed by atoms with Crippen molar-refractivity contribution in [2.75, 3.05) is 5.32 Å². The molecular formula is C14H10BrN3OS. The summed E-state index contributed by atoms with van der Waals surface area (Å²) in [5.74, 6) is -0.162. The molecule has 3 rings (SSSR count). The number of aryl methyl sites for hydroxylation is 1. The van der Waals surface area contributed by atoms with Crippen LogP contribution >= 0.6 is 27.3 Å². The number of carbonyl (C=O) groups is 1. The second kappa shape index (κ2) is 5.30. The van der Waals surface area contributed by atoms with Crippen LogP contribution in [-0.2, 0) is 0 Å². The minimum atomic E-state index is -0.162. The first kappa shape index (κ1) is 13.2. The van der Waals surface area contributed by atoms with Gasteiger partial charge in [0.1, 0.15) is 5.52 Å². The van der Waals surface area contributed by atoms with Gasteiger partial charge < -0.3 is 0 Å². The Kier molecular flexibility index (Phi) is 3.50. The maximum atomic E-state index is 12.1. The topological polar surface area (TPSA) is 54.9 Å². The van der Waals surface area contributed by atoms with Gasteiger partial charge in [0.25, 0.3) is 5.91 Å². The summed E-state index contributed by atoms with van der Waals surface area (Å²) >= 11 is 4.93. The number of benzene rings is 1. The van der Waals surface area contributed by atoms with Crippen molar-refractivity contribution in [1.82, 2.24) is 9.97 Å². The quantitative estimate of drug-likeness (QED) is 0.761. The first-order valence-corrected chi connectivity index (χ1v) is 7.54. The fourth-order valence-corrected chi connectivity index (χ4v) is 3.24. The minimum Gasteiger partial charge on any atom is -0.298 e. The third-order valence-electron chi connectivity index (χ3n) is 2.81. The number of carbonyl (C=O) groups excluding carboxylic acids is 1. The predicted octanol–water partition coefficient (Wildman–Crippen LogP) is 4.01. The van der Waals surface area contributed by atoms with Gasteiger partial charge in [-0.1, -0.05) is 29.5 Å². The standard InChI is InChI=1S/C14H10BrN3OS/c1-8-11(15)12-10(7-16-8)17-14(20-12)18-13(19)9-5-3-2-4-6-9/h2-7H,1H3,(H,17,18,19). The second-order valence-electron chi connectivity index (χ2n) is 4.21. The molecule has 2 heterocycles. The van der Waals surface area contributed by atoms with E-state index in [2.05, 4.69) is 31.2 Å².